The maximum Gasteiger partial charge on any atom is 0.439 e. The molecule has 2 rings (SSSR count). The second-order valence-electron chi connectivity index (χ2n) is 5.39. The van der Waals surface area contributed by atoms with Crippen LogP contribution in [0, 0.1) is 0 Å². The van der Waals surface area contributed by atoms with Crippen LogP contribution in [0.4, 0.5) is 32.0 Å². The van der Waals surface area contributed by atoms with Gasteiger partial charge in [-0.2, -0.15) is 26.3 Å². The van der Waals surface area contributed by atoms with E-state index in [-0.39, 0.29) is 11.3 Å². The number of hydrogen-bond acceptors (Lipinski definition) is 3. The van der Waals surface area contributed by atoms with Gasteiger partial charge in [-0.25, -0.2) is 0 Å². The van der Waals surface area contributed by atoms with Gasteiger partial charge in [0, 0.05) is 5.56 Å². The lowest BCUT2D eigenvalue weighted by molar-refractivity contribution is -0.294. The molecular formula is C17H14F6N2O2. The van der Waals surface area contributed by atoms with E-state index in [0.717, 1.165) is 30.6 Å². The van der Waals surface area contributed by atoms with Crippen molar-refractivity contribution in [2.24, 2.45) is 0 Å². The maximum absolute atomic E-state index is 13.6. The van der Waals surface area contributed by atoms with Crippen LogP contribution in [0.1, 0.15) is 10.4 Å². The largest absolute Gasteiger partial charge is 0.495 e. The lowest BCUT2D eigenvalue weighted by Gasteiger charge is -2.39. The number of benzene rings is 2. The van der Waals surface area contributed by atoms with Crippen molar-refractivity contribution in [2.45, 2.75) is 18.0 Å². The number of hydrogen-bond donors (Lipinski definition) is 2. The van der Waals surface area contributed by atoms with Crippen LogP contribution in [-0.2, 0) is 0 Å². The number of carbonyl (C=O) groups excluding carboxylic acids is 1. The summed E-state index contributed by atoms with van der Waals surface area (Å²) in [4.78, 5) is 12.1. The van der Waals surface area contributed by atoms with Gasteiger partial charge in [0.1, 0.15) is 5.75 Å². The highest BCUT2D eigenvalue weighted by molar-refractivity contribution is 5.95. The van der Waals surface area contributed by atoms with Crippen molar-refractivity contribution in [1.82, 2.24) is 5.32 Å². The third kappa shape index (κ3) is 4.09. The number of halogens is 6. The molecule has 1 amide bonds. The van der Waals surface area contributed by atoms with Gasteiger partial charge in [0.05, 0.1) is 12.8 Å². The van der Waals surface area contributed by atoms with Gasteiger partial charge in [0.2, 0.25) is 0 Å². The SMILES string of the molecule is COc1ccccc1NC(NC(=O)c1ccccc1)(C(F)(F)F)C(F)(F)F. The fourth-order valence-electron chi connectivity index (χ4n) is 2.26. The summed E-state index contributed by atoms with van der Waals surface area (Å²) >= 11 is 0. The fourth-order valence-corrected chi connectivity index (χ4v) is 2.26. The van der Waals surface area contributed by atoms with Gasteiger partial charge < -0.3 is 15.4 Å². The van der Waals surface area contributed by atoms with E-state index >= 15 is 0 Å². The number of nitrogens with one attached hydrogen (secondary N) is 2. The third-order valence-electron chi connectivity index (χ3n) is 3.62. The Hall–Kier alpha value is -2.91. The highest BCUT2D eigenvalue weighted by atomic mass is 19.4. The van der Waals surface area contributed by atoms with Crippen LogP contribution in [0.25, 0.3) is 0 Å². The Bertz CT molecular complexity index is 776. The average Bonchev–Trinajstić information content (AvgIpc) is 2.60. The Kier molecular flexibility index (Phi) is 5.57. The minimum atomic E-state index is -5.92. The summed E-state index contributed by atoms with van der Waals surface area (Å²) in [7, 11) is 1.09. The van der Waals surface area contributed by atoms with Crippen LogP contribution in [0.3, 0.4) is 0 Å². The van der Waals surface area contributed by atoms with Crippen LogP contribution in [0.2, 0.25) is 0 Å². The molecule has 0 aromatic heterocycles. The molecule has 2 aromatic carbocycles. The van der Waals surface area contributed by atoms with Crippen LogP contribution in [-0.4, -0.2) is 31.0 Å². The number of para-hydroxylation sites is 2. The molecule has 0 radical (unpaired) electrons. The number of methoxy groups -OCH3 is 1. The highest BCUT2D eigenvalue weighted by Crippen LogP contribution is 2.45. The molecule has 0 heterocycles. The summed E-state index contributed by atoms with van der Waals surface area (Å²) in [6, 6.07) is 11.0. The molecule has 0 bridgehead atoms. The summed E-state index contributed by atoms with van der Waals surface area (Å²) in [5, 5.41) is 2.46. The van der Waals surface area contributed by atoms with Crippen LogP contribution in [0.5, 0.6) is 5.75 Å². The van der Waals surface area contributed by atoms with Gasteiger partial charge in [-0.3, -0.25) is 4.79 Å². The molecule has 146 valence electrons. The first kappa shape index (κ1) is 20.4. The molecule has 0 aliphatic carbocycles. The lowest BCUT2D eigenvalue weighted by Crippen LogP contribution is -2.72. The van der Waals surface area contributed by atoms with Crippen molar-refractivity contribution in [3.63, 3.8) is 0 Å². The number of alkyl halides is 6. The summed E-state index contributed by atoms with van der Waals surface area (Å²) in [5.74, 6) is -1.81. The Morgan fingerprint density at radius 2 is 1.37 bits per heavy atom. The van der Waals surface area contributed by atoms with Gasteiger partial charge in [-0.1, -0.05) is 30.3 Å². The number of ether oxygens (including phenoxy) is 1. The van der Waals surface area contributed by atoms with Crippen molar-refractivity contribution in [1.29, 1.82) is 0 Å². The Labute approximate surface area is 150 Å². The molecule has 10 heteroatoms. The van der Waals surface area contributed by atoms with Crippen LogP contribution < -0.4 is 15.4 Å². The normalized spacial score (nSPS) is 12.4. The maximum atomic E-state index is 13.6. The topological polar surface area (TPSA) is 50.4 Å². The van der Waals surface area contributed by atoms with Gasteiger partial charge in [-0.15, -0.1) is 0 Å². The molecule has 27 heavy (non-hydrogen) atoms. The summed E-state index contributed by atoms with van der Waals surface area (Å²) in [6.45, 7) is 0. The van der Waals surface area contributed by atoms with Crippen molar-refractivity contribution < 1.29 is 35.9 Å². The number of anilines is 1. The molecule has 4 nitrogen and oxygen atoms in total. The van der Waals surface area contributed by atoms with E-state index in [1.165, 1.54) is 41.7 Å². The van der Waals surface area contributed by atoms with E-state index in [9.17, 15) is 31.1 Å². The van der Waals surface area contributed by atoms with Gasteiger partial charge >= 0.3 is 18.0 Å². The average molecular weight is 392 g/mol. The molecular weight excluding hydrogens is 378 g/mol. The molecule has 0 unspecified atom stereocenters. The standard InChI is InChI=1S/C17H14F6N2O2/c1-27-13-10-6-5-9-12(13)24-15(16(18,19)20,17(21,22)23)25-14(26)11-7-3-2-4-8-11/h2-10,24H,1H3,(H,25,26). The van der Waals surface area contributed by atoms with Gasteiger partial charge in [-0.05, 0) is 24.3 Å². The van der Waals surface area contributed by atoms with E-state index in [4.69, 9.17) is 4.74 Å². The number of rotatable bonds is 5. The van der Waals surface area contributed by atoms with E-state index < -0.39 is 29.6 Å². The molecule has 0 atom stereocenters. The van der Waals surface area contributed by atoms with E-state index in [0.29, 0.717) is 0 Å². The molecule has 0 saturated carbocycles. The predicted molar refractivity (Wildman–Crippen MR) is 85.4 cm³/mol. The first-order chi connectivity index (χ1) is 12.5. The van der Waals surface area contributed by atoms with Gasteiger partial charge in [0.15, 0.2) is 0 Å². The monoisotopic (exact) mass is 392 g/mol. The minimum absolute atomic E-state index is 0.260. The molecule has 0 spiro atoms. The second kappa shape index (κ2) is 7.37. The van der Waals surface area contributed by atoms with E-state index in [1.807, 2.05) is 0 Å². The zero-order valence-corrected chi connectivity index (χ0v) is 13.8. The van der Waals surface area contributed by atoms with E-state index in [2.05, 4.69) is 0 Å². The van der Waals surface area contributed by atoms with Crippen LogP contribution in [0.15, 0.2) is 54.6 Å². The highest BCUT2D eigenvalue weighted by Gasteiger charge is 2.72. The van der Waals surface area contributed by atoms with Crippen molar-refractivity contribution >= 4 is 11.6 Å². The summed E-state index contributed by atoms with van der Waals surface area (Å²) in [6.07, 6.45) is -11.8. The predicted octanol–water partition coefficient (Wildman–Crippen LogP) is 4.36. The van der Waals surface area contributed by atoms with Crippen LogP contribution >= 0.6 is 0 Å². The first-order valence-electron chi connectivity index (χ1n) is 7.44. The quantitative estimate of drug-likeness (QED) is 0.587. The number of carbonyl (C=O) groups is 1. The van der Waals surface area contributed by atoms with Crippen molar-refractivity contribution in [2.75, 3.05) is 12.4 Å². The molecule has 0 saturated heterocycles. The molecule has 0 aliphatic rings. The lowest BCUT2D eigenvalue weighted by atomic mass is 10.1. The fraction of sp³-hybridized carbons (Fsp3) is 0.235. The first-order valence-corrected chi connectivity index (χ1v) is 7.44. The minimum Gasteiger partial charge on any atom is -0.495 e. The zero-order chi connectivity index (χ0) is 20.3. The van der Waals surface area contributed by atoms with Crippen molar-refractivity contribution in [3.05, 3.63) is 60.2 Å². The zero-order valence-electron chi connectivity index (χ0n) is 13.8. The van der Waals surface area contributed by atoms with E-state index in [1.54, 1.807) is 0 Å². The third-order valence-corrected chi connectivity index (χ3v) is 3.62. The molecule has 2 N–H and O–H groups in total. The Morgan fingerprint density at radius 1 is 0.852 bits per heavy atom. The smallest absolute Gasteiger partial charge is 0.439 e. The number of amides is 1. The Balaban J connectivity index is 2.55. The second-order valence-corrected chi connectivity index (χ2v) is 5.39. The molecule has 2 aromatic rings. The summed E-state index contributed by atoms with van der Waals surface area (Å²) < 4.78 is 86.6. The van der Waals surface area contributed by atoms with Gasteiger partial charge in [0.25, 0.3) is 5.91 Å². The Morgan fingerprint density at radius 3 is 1.89 bits per heavy atom. The summed E-state index contributed by atoms with van der Waals surface area (Å²) in [5.41, 5.74) is -5.69. The van der Waals surface area contributed by atoms with Crippen molar-refractivity contribution in [3.8, 4) is 5.75 Å². The molecule has 0 aliphatic heterocycles. The molecule has 0 fully saturated rings.